The maximum absolute atomic E-state index is 13.7. The molecule has 2 N–H and O–H groups in total. The molecule has 1 aromatic heterocycles. The summed E-state index contributed by atoms with van der Waals surface area (Å²) in [4.78, 5) is 28.2. The van der Waals surface area contributed by atoms with E-state index in [-0.39, 0.29) is 12.3 Å². The van der Waals surface area contributed by atoms with Gasteiger partial charge in [0.25, 0.3) is 0 Å². The highest BCUT2D eigenvalue weighted by molar-refractivity contribution is 7.17. The molecule has 1 aromatic carbocycles. The lowest BCUT2D eigenvalue weighted by atomic mass is 10.0. The lowest BCUT2D eigenvalue weighted by molar-refractivity contribution is 0.0526. The van der Waals surface area contributed by atoms with Crippen molar-refractivity contribution in [1.29, 1.82) is 0 Å². The number of para-hydroxylation sites is 1. The van der Waals surface area contributed by atoms with Crippen LogP contribution in [0.5, 0.6) is 0 Å². The van der Waals surface area contributed by atoms with Crippen molar-refractivity contribution in [3.63, 3.8) is 0 Å². The molecule has 0 radical (unpaired) electrons. The van der Waals surface area contributed by atoms with Gasteiger partial charge in [0.1, 0.15) is 10.8 Å². The molecular formula is C19H22FN3O3S. The Bertz CT molecular complexity index is 853. The van der Waals surface area contributed by atoms with Crippen molar-refractivity contribution in [2.24, 2.45) is 0 Å². The Balaban J connectivity index is 1.85. The van der Waals surface area contributed by atoms with Crippen LogP contribution in [0.25, 0.3) is 0 Å². The van der Waals surface area contributed by atoms with Gasteiger partial charge < -0.3 is 10.1 Å². The van der Waals surface area contributed by atoms with Gasteiger partial charge in [0.05, 0.1) is 17.9 Å². The van der Waals surface area contributed by atoms with Crippen molar-refractivity contribution in [2.75, 3.05) is 30.3 Å². The quantitative estimate of drug-likeness (QED) is 0.754. The van der Waals surface area contributed by atoms with E-state index in [9.17, 15) is 14.0 Å². The van der Waals surface area contributed by atoms with Crippen LogP contribution in [0.15, 0.2) is 24.3 Å². The molecule has 1 aliphatic rings. The first-order chi connectivity index (χ1) is 13.0. The summed E-state index contributed by atoms with van der Waals surface area (Å²) in [6, 6.07) is 5.31. The van der Waals surface area contributed by atoms with Crippen LogP contribution >= 0.6 is 11.3 Å². The van der Waals surface area contributed by atoms with Gasteiger partial charge in [-0.05, 0) is 37.6 Å². The highest BCUT2D eigenvalue weighted by atomic mass is 32.1. The van der Waals surface area contributed by atoms with E-state index in [0.717, 1.165) is 36.5 Å². The standard InChI is InChI=1S/C19H22FN3O3S/c1-3-23-10-9-12-15(11-23)27-17(16(12)18(24)26-4-2)22-19(25)21-14-8-6-5-7-13(14)20/h5-8H,3-4,9-11H2,1-2H3,(H2,21,22,25). The topological polar surface area (TPSA) is 70.7 Å². The number of amides is 2. The lowest BCUT2D eigenvalue weighted by Crippen LogP contribution is -2.30. The minimum absolute atomic E-state index is 0.0752. The smallest absolute Gasteiger partial charge is 0.341 e. The molecule has 0 saturated carbocycles. The predicted octanol–water partition coefficient (Wildman–Crippen LogP) is 4.09. The molecule has 1 aliphatic heterocycles. The van der Waals surface area contributed by atoms with E-state index < -0.39 is 17.8 Å². The number of urea groups is 1. The van der Waals surface area contributed by atoms with E-state index in [2.05, 4.69) is 22.5 Å². The van der Waals surface area contributed by atoms with Gasteiger partial charge >= 0.3 is 12.0 Å². The van der Waals surface area contributed by atoms with E-state index in [4.69, 9.17) is 4.74 Å². The predicted molar refractivity (Wildman–Crippen MR) is 104 cm³/mol. The van der Waals surface area contributed by atoms with Crippen LogP contribution in [0, 0.1) is 5.82 Å². The normalized spacial score (nSPS) is 13.7. The average Bonchev–Trinajstić information content (AvgIpc) is 3.00. The van der Waals surface area contributed by atoms with E-state index in [1.54, 1.807) is 19.1 Å². The van der Waals surface area contributed by atoms with Crippen LogP contribution in [0.3, 0.4) is 0 Å². The van der Waals surface area contributed by atoms with E-state index >= 15 is 0 Å². The molecule has 3 rings (SSSR count). The van der Waals surface area contributed by atoms with Gasteiger partial charge in [-0.25, -0.2) is 14.0 Å². The number of likely N-dealkylation sites (N-methyl/N-ethyl adjacent to an activating group) is 1. The molecule has 2 heterocycles. The third kappa shape index (κ3) is 4.28. The number of rotatable bonds is 5. The van der Waals surface area contributed by atoms with Crippen molar-refractivity contribution in [3.8, 4) is 0 Å². The van der Waals surface area contributed by atoms with Crippen molar-refractivity contribution in [2.45, 2.75) is 26.8 Å². The van der Waals surface area contributed by atoms with Crippen molar-refractivity contribution in [3.05, 3.63) is 46.1 Å². The number of fused-ring (bicyclic) bond motifs is 1. The number of hydrogen-bond donors (Lipinski definition) is 2. The number of halogens is 1. The fraction of sp³-hybridized carbons (Fsp3) is 0.368. The first kappa shape index (κ1) is 19.3. The minimum atomic E-state index is -0.600. The van der Waals surface area contributed by atoms with E-state index in [0.29, 0.717) is 10.6 Å². The van der Waals surface area contributed by atoms with Crippen LogP contribution in [0.2, 0.25) is 0 Å². The zero-order valence-corrected chi connectivity index (χ0v) is 16.1. The Morgan fingerprint density at radius 2 is 2.04 bits per heavy atom. The number of esters is 1. The van der Waals surface area contributed by atoms with Gasteiger partial charge in [-0.2, -0.15) is 0 Å². The second kappa shape index (κ2) is 8.49. The Morgan fingerprint density at radius 3 is 2.74 bits per heavy atom. The minimum Gasteiger partial charge on any atom is -0.462 e. The van der Waals surface area contributed by atoms with Crippen LogP contribution in [0.1, 0.15) is 34.6 Å². The first-order valence-corrected chi connectivity index (χ1v) is 9.71. The number of carbonyl (C=O) groups excluding carboxylic acids is 2. The number of hydrogen-bond acceptors (Lipinski definition) is 5. The second-order valence-corrected chi connectivity index (χ2v) is 7.21. The Labute approximate surface area is 161 Å². The maximum atomic E-state index is 13.7. The van der Waals surface area contributed by atoms with Gasteiger partial charge in [0.2, 0.25) is 0 Å². The molecule has 0 spiro atoms. The summed E-state index contributed by atoms with van der Waals surface area (Å²) in [7, 11) is 0. The summed E-state index contributed by atoms with van der Waals surface area (Å²) >= 11 is 1.37. The number of benzene rings is 1. The number of carbonyl (C=O) groups is 2. The zero-order valence-electron chi connectivity index (χ0n) is 15.3. The summed E-state index contributed by atoms with van der Waals surface area (Å²) in [6.07, 6.45) is 0.727. The molecule has 6 nitrogen and oxygen atoms in total. The van der Waals surface area contributed by atoms with Gasteiger partial charge in [0.15, 0.2) is 0 Å². The summed E-state index contributed by atoms with van der Waals surface area (Å²) in [5, 5.41) is 5.61. The van der Waals surface area contributed by atoms with Crippen LogP contribution in [0.4, 0.5) is 19.9 Å². The summed E-state index contributed by atoms with van der Waals surface area (Å²) < 4.78 is 18.9. The molecule has 0 atom stereocenters. The number of nitrogens with zero attached hydrogens (tertiary/aromatic N) is 1. The first-order valence-electron chi connectivity index (χ1n) is 8.90. The molecule has 0 aliphatic carbocycles. The van der Waals surface area contributed by atoms with Crippen LogP contribution in [-0.2, 0) is 17.7 Å². The van der Waals surface area contributed by atoms with Gasteiger partial charge in [0, 0.05) is 18.0 Å². The zero-order chi connectivity index (χ0) is 19.4. The Kier molecular flexibility index (Phi) is 6.08. The molecule has 0 unspecified atom stereocenters. The van der Waals surface area contributed by atoms with Crippen molar-refractivity contribution >= 4 is 34.0 Å². The summed E-state index contributed by atoms with van der Waals surface area (Å²) in [6.45, 7) is 6.60. The largest absolute Gasteiger partial charge is 0.462 e. The Hall–Kier alpha value is -2.45. The molecule has 2 amide bonds. The maximum Gasteiger partial charge on any atom is 0.341 e. The molecule has 8 heteroatoms. The molecule has 27 heavy (non-hydrogen) atoms. The van der Waals surface area contributed by atoms with Gasteiger partial charge in [-0.3, -0.25) is 10.2 Å². The monoisotopic (exact) mass is 391 g/mol. The van der Waals surface area contributed by atoms with Crippen LogP contribution < -0.4 is 10.6 Å². The molecule has 0 bridgehead atoms. The summed E-state index contributed by atoms with van der Waals surface area (Å²) in [5.74, 6) is -0.969. The fourth-order valence-electron chi connectivity index (χ4n) is 3.05. The number of anilines is 2. The van der Waals surface area contributed by atoms with E-state index in [1.165, 1.54) is 23.5 Å². The SMILES string of the molecule is CCOC(=O)c1c(NC(=O)Nc2ccccc2F)sc2c1CCN(CC)C2. The van der Waals surface area contributed by atoms with Gasteiger partial charge in [-0.15, -0.1) is 11.3 Å². The number of nitrogens with one attached hydrogen (secondary N) is 2. The average molecular weight is 391 g/mol. The molecule has 144 valence electrons. The van der Waals surface area contributed by atoms with Crippen LogP contribution in [-0.4, -0.2) is 36.6 Å². The second-order valence-electron chi connectivity index (χ2n) is 6.11. The summed E-state index contributed by atoms with van der Waals surface area (Å²) in [5.41, 5.74) is 1.42. The third-order valence-electron chi connectivity index (χ3n) is 4.41. The Morgan fingerprint density at radius 1 is 1.26 bits per heavy atom. The number of ether oxygens (including phenoxy) is 1. The lowest BCUT2D eigenvalue weighted by Gasteiger charge is -2.25. The third-order valence-corrected chi connectivity index (χ3v) is 5.54. The highest BCUT2D eigenvalue weighted by Gasteiger charge is 2.29. The highest BCUT2D eigenvalue weighted by Crippen LogP contribution is 2.37. The fourth-order valence-corrected chi connectivity index (χ4v) is 4.33. The molecule has 0 fully saturated rings. The molecule has 2 aromatic rings. The van der Waals surface area contributed by atoms with Crippen molar-refractivity contribution in [1.82, 2.24) is 4.90 Å². The molecular weight excluding hydrogens is 369 g/mol. The number of thiophene rings is 1. The van der Waals surface area contributed by atoms with Gasteiger partial charge in [-0.1, -0.05) is 19.1 Å². The molecule has 0 saturated heterocycles. The van der Waals surface area contributed by atoms with Crippen molar-refractivity contribution < 1.29 is 18.7 Å². The van der Waals surface area contributed by atoms with E-state index in [1.807, 2.05) is 0 Å².